The molecule has 0 unspecified atom stereocenters. The van der Waals surface area contributed by atoms with Gasteiger partial charge in [-0.25, -0.2) is 14.2 Å². The van der Waals surface area contributed by atoms with Gasteiger partial charge >= 0.3 is 0 Å². The Bertz CT molecular complexity index is 570. The first-order chi connectivity index (χ1) is 8.19. The number of anilines is 1. The first-order valence-electron chi connectivity index (χ1n) is 5.05. The zero-order chi connectivity index (χ0) is 12.3. The number of nitrogens with zero attached hydrogens (tertiary/aromatic N) is 2. The Morgan fingerprint density at radius 2 is 2.00 bits per heavy atom. The number of hydrogen-bond donors (Lipinski definition) is 1. The van der Waals surface area contributed by atoms with Crippen LogP contribution >= 0.6 is 0 Å². The van der Waals surface area contributed by atoms with E-state index in [2.05, 4.69) is 9.83 Å². The van der Waals surface area contributed by atoms with E-state index in [1.165, 1.54) is 6.07 Å². The second-order valence-corrected chi connectivity index (χ2v) is 3.67. The molecule has 1 aromatic heterocycles. The van der Waals surface area contributed by atoms with E-state index >= 15 is 0 Å². The monoisotopic (exact) mass is 227 g/mol. The standard InChI is InChI=1S/C13H10FN3/c1-16-12-7-9(2-4-11(12)14)6-10-3-5-13(15)17-8-10/h2-5,7-8H,6H2,(H2,15,17). The van der Waals surface area contributed by atoms with Gasteiger partial charge in [0.05, 0.1) is 6.57 Å². The highest BCUT2D eigenvalue weighted by molar-refractivity contribution is 5.49. The lowest BCUT2D eigenvalue weighted by molar-refractivity contribution is 0.633. The van der Waals surface area contributed by atoms with Crippen molar-refractivity contribution in [3.8, 4) is 0 Å². The molecule has 84 valence electrons. The van der Waals surface area contributed by atoms with Gasteiger partial charge in [0.1, 0.15) is 11.6 Å². The molecular weight excluding hydrogens is 217 g/mol. The first kappa shape index (κ1) is 11.1. The number of pyridine rings is 1. The van der Waals surface area contributed by atoms with E-state index in [4.69, 9.17) is 12.3 Å². The highest BCUT2D eigenvalue weighted by atomic mass is 19.1. The normalized spacial score (nSPS) is 9.88. The molecule has 2 aromatic rings. The SMILES string of the molecule is [C-]#[N+]c1cc(Cc2ccc(N)nc2)ccc1F. The molecule has 0 bridgehead atoms. The van der Waals surface area contributed by atoms with Crippen molar-refractivity contribution in [1.82, 2.24) is 4.98 Å². The Morgan fingerprint density at radius 1 is 1.24 bits per heavy atom. The fourth-order valence-corrected chi connectivity index (χ4v) is 1.53. The summed E-state index contributed by atoms with van der Waals surface area (Å²) in [5.74, 6) is -0.0196. The van der Waals surface area contributed by atoms with Crippen LogP contribution < -0.4 is 5.73 Å². The maximum Gasteiger partial charge on any atom is 0.222 e. The summed E-state index contributed by atoms with van der Waals surface area (Å²) in [6, 6.07) is 8.12. The van der Waals surface area contributed by atoms with Crippen LogP contribution in [0.15, 0.2) is 36.5 Å². The summed E-state index contributed by atoms with van der Waals surface area (Å²) in [5, 5.41) is 0. The predicted octanol–water partition coefficient (Wildman–Crippen LogP) is 2.94. The lowest BCUT2D eigenvalue weighted by Gasteiger charge is -2.03. The van der Waals surface area contributed by atoms with Crippen molar-refractivity contribution in [3.63, 3.8) is 0 Å². The quantitative estimate of drug-likeness (QED) is 0.801. The van der Waals surface area contributed by atoms with Crippen LogP contribution in [0.1, 0.15) is 11.1 Å². The van der Waals surface area contributed by atoms with Crippen LogP contribution in [0.3, 0.4) is 0 Å². The van der Waals surface area contributed by atoms with E-state index in [0.29, 0.717) is 12.2 Å². The summed E-state index contributed by atoms with van der Waals surface area (Å²) < 4.78 is 13.1. The number of benzene rings is 1. The number of aromatic nitrogens is 1. The third-order valence-corrected chi connectivity index (χ3v) is 2.39. The van der Waals surface area contributed by atoms with E-state index in [1.807, 2.05) is 6.07 Å². The molecule has 1 heterocycles. The number of nitrogens with two attached hydrogens (primary N) is 1. The fraction of sp³-hybridized carbons (Fsp3) is 0.0769. The van der Waals surface area contributed by atoms with Crippen LogP contribution in [-0.2, 0) is 6.42 Å². The Kier molecular flexibility index (Phi) is 3.01. The molecule has 0 fully saturated rings. The van der Waals surface area contributed by atoms with Gasteiger partial charge in [-0.1, -0.05) is 17.7 Å². The van der Waals surface area contributed by atoms with Crippen molar-refractivity contribution in [1.29, 1.82) is 0 Å². The Balaban J connectivity index is 2.25. The first-order valence-corrected chi connectivity index (χ1v) is 5.05. The van der Waals surface area contributed by atoms with E-state index in [1.54, 1.807) is 24.4 Å². The molecule has 0 radical (unpaired) electrons. The van der Waals surface area contributed by atoms with Gasteiger partial charge in [0.25, 0.3) is 0 Å². The Labute approximate surface area is 98.5 Å². The number of rotatable bonds is 2. The minimum absolute atomic E-state index is 0.0471. The fourth-order valence-electron chi connectivity index (χ4n) is 1.53. The number of halogens is 1. The highest BCUT2D eigenvalue weighted by Crippen LogP contribution is 2.21. The van der Waals surface area contributed by atoms with E-state index in [-0.39, 0.29) is 5.69 Å². The maximum atomic E-state index is 13.1. The smallest absolute Gasteiger partial charge is 0.222 e. The van der Waals surface area contributed by atoms with Crippen LogP contribution in [0.4, 0.5) is 15.9 Å². The van der Waals surface area contributed by atoms with Gasteiger partial charge in [-0.05, 0) is 30.2 Å². The average Bonchev–Trinajstić information content (AvgIpc) is 2.34. The molecule has 2 N–H and O–H groups in total. The van der Waals surface area contributed by atoms with E-state index in [0.717, 1.165) is 11.1 Å². The highest BCUT2D eigenvalue weighted by Gasteiger charge is 2.04. The molecule has 0 saturated heterocycles. The Hall–Kier alpha value is -2.41. The molecule has 4 heteroatoms. The minimum Gasteiger partial charge on any atom is -0.384 e. The van der Waals surface area contributed by atoms with E-state index in [9.17, 15) is 4.39 Å². The number of nitrogen functional groups attached to an aromatic ring is 1. The molecule has 0 amide bonds. The summed E-state index contributed by atoms with van der Waals surface area (Å²) in [6.45, 7) is 6.85. The molecule has 0 saturated carbocycles. The zero-order valence-electron chi connectivity index (χ0n) is 9.02. The summed E-state index contributed by atoms with van der Waals surface area (Å²) in [6.07, 6.45) is 2.28. The molecule has 0 spiro atoms. The summed E-state index contributed by atoms with van der Waals surface area (Å²) >= 11 is 0. The van der Waals surface area contributed by atoms with E-state index < -0.39 is 5.82 Å². The van der Waals surface area contributed by atoms with Gasteiger partial charge in [0.15, 0.2) is 0 Å². The van der Waals surface area contributed by atoms with Crippen molar-refractivity contribution in [2.75, 3.05) is 5.73 Å². The van der Waals surface area contributed by atoms with Crippen molar-refractivity contribution in [3.05, 3.63) is 64.9 Å². The van der Waals surface area contributed by atoms with Crippen LogP contribution in [0.2, 0.25) is 0 Å². The summed E-state index contributed by atoms with van der Waals surface area (Å²) in [4.78, 5) is 7.10. The van der Waals surface area contributed by atoms with Crippen molar-refractivity contribution >= 4 is 11.5 Å². The second kappa shape index (κ2) is 4.62. The third kappa shape index (κ3) is 2.58. The molecular formula is C13H10FN3. The van der Waals surface area contributed by atoms with Crippen LogP contribution in [0.25, 0.3) is 4.85 Å². The van der Waals surface area contributed by atoms with Gasteiger partial charge in [0.2, 0.25) is 5.69 Å². The molecule has 3 nitrogen and oxygen atoms in total. The van der Waals surface area contributed by atoms with Crippen LogP contribution in [0, 0.1) is 12.4 Å². The van der Waals surface area contributed by atoms with Crippen LogP contribution in [0.5, 0.6) is 0 Å². The molecule has 0 aliphatic heterocycles. The lowest BCUT2D eigenvalue weighted by atomic mass is 10.1. The van der Waals surface area contributed by atoms with Gasteiger partial charge < -0.3 is 5.73 Å². The molecule has 1 aromatic carbocycles. The Morgan fingerprint density at radius 3 is 2.65 bits per heavy atom. The largest absolute Gasteiger partial charge is 0.384 e. The van der Waals surface area contributed by atoms with Crippen molar-refractivity contribution in [2.45, 2.75) is 6.42 Å². The maximum absolute atomic E-state index is 13.1. The molecule has 0 aliphatic carbocycles. The molecule has 2 rings (SSSR count). The second-order valence-electron chi connectivity index (χ2n) is 3.67. The molecule has 0 aliphatic rings. The lowest BCUT2D eigenvalue weighted by Crippen LogP contribution is -1.93. The zero-order valence-corrected chi connectivity index (χ0v) is 9.02. The molecule has 17 heavy (non-hydrogen) atoms. The van der Waals surface area contributed by atoms with Gasteiger partial charge in [-0.15, -0.1) is 0 Å². The summed E-state index contributed by atoms with van der Waals surface area (Å²) in [5.41, 5.74) is 7.38. The van der Waals surface area contributed by atoms with Crippen LogP contribution in [-0.4, -0.2) is 4.98 Å². The topological polar surface area (TPSA) is 43.3 Å². The minimum atomic E-state index is -0.487. The van der Waals surface area contributed by atoms with Crippen molar-refractivity contribution in [2.24, 2.45) is 0 Å². The number of hydrogen-bond acceptors (Lipinski definition) is 2. The van der Waals surface area contributed by atoms with Crippen molar-refractivity contribution < 1.29 is 4.39 Å². The average molecular weight is 227 g/mol. The third-order valence-electron chi connectivity index (χ3n) is 2.39. The summed E-state index contributed by atoms with van der Waals surface area (Å²) in [7, 11) is 0. The predicted molar refractivity (Wildman–Crippen MR) is 64.1 cm³/mol. The van der Waals surface area contributed by atoms with Gasteiger partial charge in [0, 0.05) is 6.20 Å². The van der Waals surface area contributed by atoms with Gasteiger partial charge in [-0.3, -0.25) is 0 Å². The van der Waals surface area contributed by atoms with Gasteiger partial charge in [-0.2, -0.15) is 0 Å². The molecule has 0 atom stereocenters.